The van der Waals surface area contributed by atoms with Gasteiger partial charge in [0.1, 0.15) is 12.1 Å². The SMILES string of the molecule is CC[C@H](C)[C@H]([C@@H](CC(=O)N1CCC[C@H]1[C@H](OC)[C@@H](C)C(=O)N[C@@H](Cc1ccc(Cl)cc1Cl)C(=O)O)OC)N(C)C(=O)[C@@H](NC(=O)[C@@H](NC)C(C)C)C(C)C. The quantitative estimate of drug-likeness (QED) is 0.141. The molecular weight excluding hydrogens is 737 g/mol. The predicted molar refractivity (Wildman–Crippen MR) is 210 cm³/mol. The molecule has 1 fully saturated rings. The van der Waals surface area contributed by atoms with Crippen LogP contribution in [0.15, 0.2) is 18.2 Å². The summed E-state index contributed by atoms with van der Waals surface area (Å²) in [7, 11) is 6.40. The second-order valence-corrected chi connectivity index (χ2v) is 16.0. The van der Waals surface area contributed by atoms with Crippen LogP contribution in [0.3, 0.4) is 0 Å². The highest BCUT2D eigenvalue weighted by atomic mass is 35.5. The van der Waals surface area contributed by atoms with Gasteiger partial charge in [-0.25, -0.2) is 4.79 Å². The molecular formula is C39H63Cl2N5O8. The van der Waals surface area contributed by atoms with Crippen molar-refractivity contribution in [3.8, 4) is 0 Å². The van der Waals surface area contributed by atoms with Crippen LogP contribution in [0.4, 0.5) is 0 Å². The summed E-state index contributed by atoms with van der Waals surface area (Å²) in [6.45, 7) is 13.7. The van der Waals surface area contributed by atoms with Gasteiger partial charge in [-0.15, -0.1) is 0 Å². The molecule has 1 heterocycles. The second-order valence-electron chi connectivity index (χ2n) is 15.2. The van der Waals surface area contributed by atoms with E-state index in [0.29, 0.717) is 41.4 Å². The van der Waals surface area contributed by atoms with Crippen molar-refractivity contribution in [2.75, 3.05) is 34.9 Å². The summed E-state index contributed by atoms with van der Waals surface area (Å²) in [4.78, 5) is 70.5. The standard InChI is InChI=1S/C39H63Cl2N5O8/c1-12-23(6)34(45(9)38(50)33(22(4)5)44-37(49)32(42-8)21(2)3)30(53-10)20-31(47)46-17-13-14-29(46)35(54-11)24(7)36(48)43-28(39(51)52)18-25-15-16-26(40)19-27(25)41/h15-16,19,21-24,28-30,32-35,42H,12-14,17-18,20H2,1-11H3,(H,43,48)(H,44,49)(H,51,52)/t23-,24+,28-,29-,30+,32-,33-,34+,35+/m0/s1. The molecule has 1 aromatic rings. The molecule has 0 radical (unpaired) electrons. The van der Waals surface area contributed by atoms with E-state index in [2.05, 4.69) is 16.0 Å². The van der Waals surface area contributed by atoms with Crippen molar-refractivity contribution < 1.29 is 38.6 Å². The van der Waals surface area contributed by atoms with Crippen LogP contribution in [0, 0.1) is 23.7 Å². The average Bonchev–Trinajstić information content (AvgIpc) is 3.60. The molecule has 1 saturated heterocycles. The number of carboxylic acid groups (broad SMARTS) is 1. The number of benzene rings is 1. The third-order valence-corrected chi connectivity index (χ3v) is 11.4. The number of carbonyl (C=O) groups excluding carboxylic acids is 4. The van der Waals surface area contributed by atoms with Gasteiger partial charge in [-0.05, 0) is 55.3 Å². The molecule has 2 rings (SSSR count). The average molecular weight is 801 g/mol. The molecule has 0 aromatic heterocycles. The maximum atomic E-state index is 14.2. The van der Waals surface area contributed by atoms with E-state index in [0.717, 1.165) is 0 Å². The Bertz CT molecular complexity index is 1430. The van der Waals surface area contributed by atoms with E-state index >= 15 is 0 Å². The number of ether oxygens (including phenoxy) is 2. The Morgan fingerprint density at radius 1 is 0.963 bits per heavy atom. The van der Waals surface area contributed by atoms with Gasteiger partial charge in [0, 0.05) is 44.3 Å². The molecule has 306 valence electrons. The van der Waals surface area contributed by atoms with E-state index < -0.39 is 60.2 Å². The molecule has 9 atom stereocenters. The molecule has 0 unspecified atom stereocenters. The first kappa shape index (κ1) is 47.2. The summed E-state index contributed by atoms with van der Waals surface area (Å²) < 4.78 is 11.8. The highest BCUT2D eigenvalue weighted by Gasteiger charge is 2.43. The second kappa shape index (κ2) is 21.9. The highest BCUT2D eigenvalue weighted by Crippen LogP contribution is 2.30. The number of nitrogens with one attached hydrogen (secondary N) is 3. The number of hydrogen-bond acceptors (Lipinski definition) is 8. The number of halogens is 2. The summed E-state index contributed by atoms with van der Waals surface area (Å²) in [6, 6.07) is 1.26. The Labute approximate surface area is 331 Å². The van der Waals surface area contributed by atoms with E-state index in [1.54, 1.807) is 43.0 Å². The van der Waals surface area contributed by atoms with E-state index in [-0.39, 0.29) is 48.3 Å². The van der Waals surface area contributed by atoms with Gasteiger partial charge in [0.15, 0.2) is 0 Å². The maximum absolute atomic E-state index is 14.2. The van der Waals surface area contributed by atoms with Crippen LogP contribution in [0.5, 0.6) is 0 Å². The molecule has 1 aromatic carbocycles. The monoisotopic (exact) mass is 799 g/mol. The van der Waals surface area contributed by atoms with Crippen LogP contribution < -0.4 is 16.0 Å². The molecule has 0 aliphatic carbocycles. The normalized spacial score (nSPS) is 19.0. The number of carbonyl (C=O) groups is 5. The van der Waals surface area contributed by atoms with Crippen LogP contribution in [0.25, 0.3) is 0 Å². The van der Waals surface area contributed by atoms with Crippen LogP contribution in [0.1, 0.15) is 79.7 Å². The molecule has 0 spiro atoms. The third kappa shape index (κ3) is 12.3. The zero-order valence-electron chi connectivity index (χ0n) is 33.8. The summed E-state index contributed by atoms with van der Waals surface area (Å²) in [5.41, 5.74) is 0.519. The first-order chi connectivity index (χ1) is 25.3. The lowest BCUT2D eigenvalue weighted by molar-refractivity contribution is -0.148. The van der Waals surface area contributed by atoms with Crippen molar-refractivity contribution in [3.05, 3.63) is 33.8 Å². The van der Waals surface area contributed by atoms with Gasteiger partial charge in [0.2, 0.25) is 23.6 Å². The van der Waals surface area contributed by atoms with Crippen LogP contribution >= 0.6 is 23.2 Å². The Hall–Kier alpha value is -2.97. The van der Waals surface area contributed by atoms with Gasteiger partial charge in [0.25, 0.3) is 0 Å². The summed E-state index contributed by atoms with van der Waals surface area (Å²) in [5.74, 6) is -3.56. The van der Waals surface area contributed by atoms with E-state index in [1.165, 1.54) is 20.3 Å². The minimum Gasteiger partial charge on any atom is -0.480 e. The summed E-state index contributed by atoms with van der Waals surface area (Å²) >= 11 is 12.3. The van der Waals surface area contributed by atoms with Gasteiger partial charge in [-0.3, -0.25) is 19.2 Å². The van der Waals surface area contributed by atoms with E-state index in [9.17, 15) is 29.1 Å². The Balaban J connectivity index is 2.28. The first-order valence-electron chi connectivity index (χ1n) is 18.9. The number of likely N-dealkylation sites (tertiary alicyclic amines) is 1. The molecule has 54 heavy (non-hydrogen) atoms. The number of methoxy groups -OCH3 is 2. The smallest absolute Gasteiger partial charge is 0.326 e. The van der Waals surface area contributed by atoms with Crippen molar-refractivity contribution >= 4 is 52.8 Å². The molecule has 1 aliphatic rings. The number of amides is 4. The third-order valence-electron chi connectivity index (χ3n) is 10.8. The molecule has 4 N–H and O–H groups in total. The molecule has 1 aliphatic heterocycles. The summed E-state index contributed by atoms with van der Waals surface area (Å²) in [5, 5.41) is 19.3. The number of rotatable bonds is 21. The number of nitrogens with zero attached hydrogens (tertiary/aromatic N) is 2. The lowest BCUT2D eigenvalue weighted by Crippen LogP contribution is -2.59. The number of carboxylic acids is 1. The van der Waals surface area contributed by atoms with E-state index in [1.807, 2.05) is 41.5 Å². The van der Waals surface area contributed by atoms with Gasteiger partial charge < -0.3 is 40.3 Å². The predicted octanol–water partition coefficient (Wildman–Crippen LogP) is 4.41. The lowest BCUT2D eigenvalue weighted by Gasteiger charge is -2.41. The van der Waals surface area contributed by atoms with Crippen molar-refractivity contribution in [1.29, 1.82) is 0 Å². The minimum atomic E-state index is -1.26. The maximum Gasteiger partial charge on any atom is 0.326 e. The van der Waals surface area contributed by atoms with Crippen LogP contribution in [0.2, 0.25) is 10.0 Å². The summed E-state index contributed by atoms with van der Waals surface area (Å²) in [6.07, 6.45) is 0.468. The molecule has 0 saturated carbocycles. The van der Waals surface area contributed by atoms with Gasteiger partial charge >= 0.3 is 5.97 Å². The largest absolute Gasteiger partial charge is 0.480 e. The van der Waals surface area contributed by atoms with Crippen molar-refractivity contribution in [3.63, 3.8) is 0 Å². The van der Waals surface area contributed by atoms with Gasteiger partial charge in [-0.2, -0.15) is 0 Å². The lowest BCUT2D eigenvalue weighted by atomic mass is 9.89. The zero-order valence-corrected chi connectivity index (χ0v) is 35.3. The number of hydrogen-bond donors (Lipinski definition) is 4. The van der Waals surface area contributed by atoms with Crippen molar-refractivity contribution in [2.24, 2.45) is 23.7 Å². The van der Waals surface area contributed by atoms with Gasteiger partial charge in [-0.1, -0.05) is 84.2 Å². The fraction of sp³-hybridized carbons (Fsp3) is 0.718. The number of likely N-dealkylation sites (N-methyl/N-ethyl adjacent to an activating group) is 2. The Kier molecular flexibility index (Phi) is 19.2. The first-order valence-corrected chi connectivity index (χ1v) is 19.7. The highest BCUT2D eigenvalue weighted by molar-refractivity contribution is 6.35. The van der Waals surface area contributed by atoms with Crippen molar-refractivity contribution in [2.45, 2.75) is 123 Å². The fourth-order valence-electron chi connectivity index (χ4n) is 7.46. The van der Waals surface area contributed by atoms with Crippen LogP contribution in [-0.2, 0) is 39.9 Å². The van der Waals surface area contributed by atoms with Crippen LogP contribution in [-0.4, -0.2) is 122 Å². The minimum absolute atomic E-state index is 0.0123. The Morgan fingerprint density at radius 3 is 2.09 bits per heavy atom. The zero-order chi connectivity index (χ0) is 41.0. The van der Waals surface area contributed by atoms with Crippen molar-refractivity contribution in [1.82, 2.24) is 25.8 Å². The fourth-order valence-corrected chi connectivity index (χ4v) is 7.95. The Morgan fingerprint density at radius 2 is 1.59 bits per heavy atom. The van der Waals surface area contributed by atoms with Gasteiger partial charge in [0.05, 0.1) is 42.7 Å². The van der Waals surface area contributed by atoms with E-state index in [4.69, 9.17) is 32.7 Å². The molecule has 15 heteroatoms. The molecule has 0 bridgehead atoms. The molecule has 13 nitrogen and oxygen atoms in total. The molecule has 4 amide bonds. The number of aliphatic carboxylic acids is 1. The topological polar surface area (TPSA) is 167 Å².